The zero-order valence-corrected chi connectivity index (χ0v) is 14.9. The van der Waals surface area contributed by atoms with E-state index in [9.17, 15) is 9.59 Å². The van der Waals surface area contributed by atoms with Crippen LogP contribution in [-0.2, 0) is 15.1 Å². The summed E-state index contributed by atoms with van der Waals surface area (Å²) in [6.45, 7) is 1.71. The lowest BCUT2D eigenvalue weighted by atomic mass is 9.88. The number of benzene rings is 1. The second-order valence-electron chi connectivity index (χ2n) is 6.03. The number of rotatable bonds is 3. The fourth-order valence-corrected chi connectivity index (χ4v) is 3.37. The SMILES string of the molecule is Cc1cc(NC(=O)C(=O)NC2(c3ccc(Br)cc3)CCCC2)no1. The summed E-state index contributed by atoms with van der Waals surface area (Å²) in [5, 5.41) is 9.04. The van der Waals surface area contributed by atoms with Crippen LogP contribution >= 0.6 is 15.9 Å². The van der Waals surface area contributed by atoms with Crippen molar-refractivity contribution in [3.05, 3.63) is 46.1 Å². The van der Waals surface area contributed by atoms with Gasteiger partial charge in [-0.3, -0.25) is 14.9 Å². The van der Waals surface area contributed by atoms with Crippen molar-refractivity contribution in [1.29, 1.82) is 0 Å². The monoisotopic (exact) mass is 391 g/mol. The Morgan fingerprint density at radius 3 is 2.42 bits per heavy atom. The van der Waals surface area contributed by atoms with E-state index >= 15 is 0 Å². The molecular weight excluding hydrogens is 374 g/mol. The van der Waals surface area contributed by atoms with Crippen molar-refractivity contribution in [2.24, 2.45) is 0 Å². The highest BCUT2D eigenvalue weighted by molar-refractivity contribution is 9.10. The quantitative estimate of drug-likeness (QED) is 0.786. The fourth-order valence-electron chi connectivity index (χ4n) is 3.11. The lowest BCUT2D eigenvalue weighted by Gasteiger charge is -2.30. The van der Waals surface area contributed by atoms with Gasteiger partial charge in [-0.2, -0.15) is 0 Å². The van der Waals surface area contributed by atoms with Crippen molar-refractivity contribution >= 4 is 33.6 Å². The van der Waals surface area contributed by atoms with Gasteiger partial charge >= 0.3 is 11.8 Å². The molecular formula is C17H18BrN3O3. The molecule has 2 amide bonds. The van der Waals surface area contributed by atoms with Crippen molar-refractivity contribution in [2.45, 2.75) is 38.1 Å². The molecule has 0 unspecified atom stereocenters. The van der Waals surface area contributed by atoms with Crippen molar-refractivity contribution in [3.8, 4) is 0 Å². The van der Waals surface area contributed by atoms with E-state index in [0.717, 1.165) is 35.7 Å². The molecule has 126 valence electrons. The van der Waals surface area contributed by atoms with Gasteiger partial charge in [-0.1, -0.05) is 46.1 Å². The number of nitrogens with zero attached hydrogens (tertiary/aromatic N) is 1. The number of hydrogen-bond acceptors (Lipinski definition) is 4. The third-order valence-electron chi connectivity index (χ3n) is 4.28. The summed E-state index contributed by atoms with van der Waals surface area (Å²) in [4.78, 5) is 24.5. The zero-order valence-electron chi connectivity index (χ0n) is 13.3. The number of anilines is 1. The molecule has 0 saturated heterocycles. The first-order valence-corrected chi connectivity index (χ1v) is 8.61. The average Bonchev–Trinajstić information content (AvgIpc) is 3.18. The highest BCUT2D eigenvalue weighted by Gasteiger charge is 2.38. The molecule has 6 nitrogen and oxygen atoms in total. The summed E-state index contributed by atoms with van der Waals surface area (Å²) in [7, 11) is 0. The zero-order chi connectivity index (χ0) is 17.2. The standard InChI is InChI=1S/C17H18BrN3O3/c1-11-10-14(21-24-11)19-15(22)16(23)20-17(8-2-3-9-17)12-4-6-13(18)7-5-12/h4-7,10H,2-3,8-9H2,1H3,(H,20,23)(H,19,21,22). The molecule has 1 aliphatic rings. The minimum Gasteiger partial charge on any atom is -0.360 e. The Morgan fingerprint density at radius 1 is 1.17 bits per heavy atom. The number of carbonyl (C=O) groups excluding carboxylic acids is 2. The van der Waals surface area contributed by atoms with Gasteiger partial charge in [0.25, 0.3) is 0 Å². The summed E-state index contributed by atoms with van der Waals surface area (Å²) in [5.74, 6) is -0.614. The lowest BCUT2D eigenvalue weighted by molar-refractivity contribution is -0.137. The molecule has 0 radical (unpaired) electrons. The molecule has 1 aromatic heterocycles. The molecule has 1 heterocycles. The summed E-state index contributed by atoms with van der Waals surface area (Å²) < 4.78 is 5.85. The maximum Gasteiger partial charge on any atom is 0.314 e. The van der Waals surface area contributed by atoms with Crippen LogP contribution in [0.2, 0.25) is 0 Å². The molecule has 2 aromatic rings. The van der Waals surface area contributed by atoms with Crippen LogP contribution in [0.5, 0.6) is 0 Å². The van der Waals surface area contributed by atoms with E-state index in [1.807, 2.05) is 24.3 Å². The second kappa shape index (κ2) is 6.76. The van der Waals surface area contributed by atoms with Crippen molar-refractivity contribution in [2.75, 3.05) is 5.32 Å². The minimum atomic E-state index is -0.744. The third-order valence-corrected chi connectivity index (χ3v) is 4.81. The summed E-state index contributed by atoms with van der Waals surface area (Å²) in [6, 6.07) is 9.41. The fraction of sp³-hybridized carbons (Fsp3) is 0.353. The maximum absolute atomic E-state index is 12.4. The van der Waals surface area contributed by atoms with E-state index in [1.54, 1.807) is 13.0 Å². The normalized spacial score (nSPS) is 15.9. The molecule has 0 bridgehead atoms. The summed E-state index contributed by atoms with van der Waals surface area (Å²) in [5.41, 5.74) is 0.524. The number of aryl methyl sites for hydroxylation is 1. The van der Waals surface area contributed by atoms with Gasteiger partial charge in [0.15, 0.2) is 5.82 Å². The Labute approximate surface area is 148 Å². The highest BCUT2D eigenvalue weighted by Crippen LogP contribution is 2.39. The number of halogens is 1. The van der Waals surface area contributed by atoms with Crippen LogP contribution in [0.15, 0.2) is 39.3 Å². The smallest absolute Gasteiger partial charge is 0.314 e. The minimum absolute atomic E-state index is 0.233. The maximum atomic E-state index is 12.4. The van der Waals surface area contributed by atoms with E-state index < -0.39 is 17.4 Å². The Kier molecular flexibility index (Phi) is 4.71. The van der Waals surface area contributed by atoms with E-state index in [-0.39, 0.29) is 5.82 Å². The molecule has 0 aliphatic heterocycles. The average molecular weight is 392 g/mol. The summed E-state index contributed by atoms with van der Waals surface area (Å²) in [6.07, 6.45) is 3.66. The second-order valence-corrected chi connectivity index (χ2v) is 6.94. The molecule has 1 saturated carbocycles. The molecule has 0 spiro atoms. The van der Waals surface area contributed by atoms with Crippen LogP contribution in [0.1, 0.15) is 37.0 Å². The van der Waals surface area contributed by atoms with E-state index in [2.05, 4.69) is 31.7 Å². The van der Waals surface area contributed by atoms with E-state index in [4.69, 9.17) is 4.52 Å². The number of nitrogens with one attached hydrogen (secondary N) is 2. The molecule has 2 N–H and O–H groups in total. The van der Waals surface area contributed by atoms with Crippen LogP contribution in [0.4, 0.5) is 5.82 Å². The number of carbonyl (C=O) groups is 2. The van der Waals surface area contributed by atoms with E-state index in [1.165, 1.54) is 0 Å². The van der Waals surface area contributed by atoms with Gasteiger partial charge < -0.3 is 9.84 Å². The van der Waals surface area contributed by atoms with Gasteiger partial charge in [-0.15, -0.1) is 0 Å². The lowest BCUT2D eigenvalue weighted by Crippen LogP contribution is -2.48. The highest BCUT2D eigenvalue weighted by atomic mass is 79.9. The van der Waals surface area contributed by atoms with Crippen LogP contribution in [0.25, 0.3) is 0 Å². The predicted octanol–water partition coefficient (Wildman–Crippen LogP) is 3.27. The molecule has 0 atom stereocenters. The topological polar surface area (TPSA) is 84.2 Å². The third kappa shape index (κ3) is 3.51. The van der Waals surface area contributed by atoms with Gasteiger partial charge in [0, 0.05) is 10.5 Å². The van der Waals surface area contributed by atoms with Gasteiger partial charge in [0.05, 0.1) is 5.54 Å². The van der Waals surface area contributed by atoms with Gasteiger partial charge in [-0.25, -0.2) is 0 Å². The van der Waals surface area contributed by atoms with Crippen molar-refractivity contribution in [3.63, 3.8) is 0 Å². The first-order valence-electron chi connectivity index (χ1n) is 7.81. The Morgan fingerprint density at radius 2 is 1.83 bits per heavy atom. The van der Waals surface area contributed by atoms with Gasteiger partial charge in [0.1, 0.15) is 5.76 Å². The van der Waals surface area contributed by atoms with E-state index in [0.29, 0.717) is 5.76 Å². The van der Waals surface area contributed by atoms with Gasteiger partial charge in [0.2, 0.25) is 0 Å². The van der Waals surface area contributed by atoms with Crippen molar-refractivity contribution in [1.82, 2.24) is 10.5 Å². The molecule has 1 aliphatic carbocycles. The van der Waals surface area contributed by atoms with Crippen LogP contribution < -0.4 is 10.6 Å². The molecule has 1 aromatic carbocycles. The van der Waals surface area contributed by atoms with Crippen LogP contribution in [0.3, 0.4) is 0 Å². The number of amides is 2. The molecule has 24 heavy (non-hydrogen) atoms. The predicted molar refractivity (Wildman–Crippen MR) is 92.3 cm³/mol. The Balaban J connectivity index is 1.74. The molecule has 3 rings (SSSR count). The van der Waals surface area contributed by atoms with Crippen LogP contribution in [0, 0.1) is 6.92 Å². The van der Waals surface area contributed by atoms with Crippen LogP contribution in [-0.4, -0.2) is 17.0 Å². The van der Waals surface area contributed by atoms with Crippen molar-refractivity contribution < 1.29 is 14.1 Å². The molecule has 7 heteroatoms. The summed E-state index contributed by atoms with van der Waals surface area (Å²) >= 11 is 3.42. The largest absolute Gasteiger partial charge is 0.360 e. The first-order chi connectivity index (χ1) is 11.5. The Hall–Kier alpha value is -2.15. The van der Waals surface area contributed by atoms with Gasteiger partial charge in [-0.05, 0) is 37.5 Å². The number of aromatic nitrogens is 1. The Bertz CT molecular complexity index is 749. The molecule has 1 fully saturated rings. The number of hydrogen-bond donors (Lipinski definition) is 2. The first kappa shape index (κ1) is 16.7.